The summed E-state index contributed by atoms with van der Waals surface area (Å²) < 4.78 is 5.90. The Hall–Kier alpha value is -4.91. The minimum absolute atomic E-state index is 0.0298. The largest absolute Gasteiger partial charge is 0.481 e. The average Bonchev–Trinajstić information content (AvgIpc) is 3.51. The van der Waals surface area contributed by atoms with Gasteiger partial charge in [-0.3, -0.25) is 9.59 Å². The van der Waals surface area contributed by atoms with Gasteiger partial charge in [0.05, 0.1) is 12.8 Å². The Morgan fingerprint density at radius 1 is 0.975 bits per heavy atom. The zero-order chi connectivity index (χ0) is 27.7. The smallest absolute Gasteiger partial charge is 0.304 e. The van der Waals surface area contributed by atoms with Gasteiger partial charge in [0.2, 0.25) is 5.91 Å². The summed E-state index contributed by atoms with van der Waals surface area (Å²) in [4.78, 5) is 29.2. The molecular weight excluding hydrogens is 502 g/mol. The van der Waals surface area contributed by atoms with Crippen molar-refractivity contribution >= 4 is 40.4 Å². The van der Waals surface area contributed by atoms with Crippen molar-refractivity contribution in [2.45, 2.75) is 38.0 Å². The Kier molecular flexibility index (Phi) is 6.56. The summed E-state index contributed by atoms with van der Waals surface area (Å²) in [6, 6.07) is 29.5. The molecule has 1 aliphatic carbocycles. The van der Waals surface area contributed by atoms with Gasteiger partial charge in [0.1, 0.15) is 5.52 Å². The number of carbonyl (C=O) groups excluding carboxylic acids is 1. The van der Waals surface area contributed by atoms with Crippen molar-refractivity contribution in [2.24, 2.45) is 0 Å². The molecule has 5 aromatic rings. The van der Waals surface area contributed by atoms with Crippen LogP contribution in [0.15, 0.2) is 95.4 Å². The van der Waals surface area contributed by atoms with E-state index in [0.29, 0.717) is 22.8 Å². The molecule has 7 nitrogen and oxygen atoms in total. The monoisotopic (exact) mass is 531 g/mol. The number of carboxylic acids is 1. The van der Waals surface area contributed by atoms with Crippen molar-refractivity contribution in [3.05, 3.63) is 119 Å². The third kappa shape index (κ3) is 4.94. The van der Waals surface area contributed by atoms with Crippen molar-refractivity contribution in [3.63, 3.8) is 0 Å². The summed E-state index contributed by atoms with van der Waals surface area (Å²) in [6.45, 7) is 2.01. The lowest BCUT2D eigenvalue weighted by molar-refractivity contribution is -0.138. The number of anilines is 3. The number of aryl methyl sites for hydroxylation is 2. The van der Waals surface area contributed by atoms with Crippen LogP contribution in [-0.2, 0) is 27.8 Å². The first-order valence-electron chi connectivity index (χ1n) is 13.3. The maximum atomic E-state index is 12.9. The Morgan fingerprint density at radius 3 is 2.55 bits per heavy atom. The zero-order valence-electron chi connectivity index (χ0n) is 22.1. The molecule has 6 rings (SSSR count). The Labute approximate surface area is 231 Å². The number of fused-ring (bicyclic) bond motifs is 2. The number of nitrogens with zero attached hydrogens (tertiary/aromatic N) is 1. The van der Waals surface area contributed by atoms with Gasteiger partial charge in [-0.05, 0) is 77.9 Å². The SMILES string of the molecule is Cc1ccccc1Nc1nc2ccc(CC(=O)Nc3ccc(C4(CC(=O)O)CCc5ccccc54)cc3)cc2o1. The number of rotatable bonds is 8. The highest BCUT2D eigenvalue weighted by Crippen LogP contribution is 2.46. The minimum atomic E-state index is -0.823. The van der Waals surface area contributed by atoms with E-state index in [1.165, 1.54) is 5.56 Å². The van der Waals surface area contributed by atoms with Crippen LogP contribution in [-0.4, -0.2) is 22.0 Å². The number of hydrogen-bond acceptors (Lipinski definition) is 5. The van der Waals surface area contributed by atoms with E-state index in [9.17, 15) is 14.7 Å². The lowest BCUT2D eigenvalue weighted by Gasteiger charge is -2.30. The van der Waals surface area contributed by atoms with Crippen LogP contribution in [0, 0.1) is 6.92 Å². The molecule has 1 unspecified atom stereocenters. The van der Waals surface area contributed by atoms with Gasteiger partial charge in [0.15, 0.2) is 5.58 Å². The third-order valence-corrected chi connectivity index (χ3v) is 7.73. The number of aromatic nitrogens is 1. The van der Waals surface area contributed by atoms with Crippen LogP contribution in [0.25, 0.3) is 11.1 Å². The predicted octanol–water partition coefficient (Wildman–Crippen LogP) is 6.77. The summed E-state index contributed by atoms with van der Waals surface area (Å²) >= 11 is 0. The molecule has 0 radical (unpaired) electrons. The van der Waals surface area contributed by atoms with E-state index in [4.69, 9.17) is 4.42 Å². The van der Waals surface area contributed by atoms with E-state index in [0.717, 1.165) is 40.8 Å². The molecule has 1 aromatic heterocycles. The molecule has 0 saturated heterocycles. The maximum Gasteiger partial charge on any atom is 0.304 e. The molecule has 7 heteroatoms. The van der Waals surface area contributed by atoms with E-state index < -0.39 is 11.4 Å². The van der Waals surface area contributed by atoms with Crippen molar-refractivity contribution in [2.75, 3.05) is 10.6 Å². The number of carboxylic acid groups (broad SMARTS) is 1. The van der Waals surface area contributed by atoms with E-state index >= 15 is 0 Å². The van der Waals surface area contributed by atoms with Crippen molar-refractivity contribution < 1.29 is 19.1 Å². The van der Waals surface area contributed by atoms with Crippen molar-refractivity contribution in [1.29, 1.82) is 0 Å². The van der Waals surface area contributed by atoms with Crippen LogP contribution >= 0.6 is 0 Å². The molecule has 40 heavy (non-hydrogen) atoms. The molecule has 1 heterocycles. The number of carbonyl (C=O) groups is 2. The molecule has 0 aliphatic heterocycles. The van der Waals surface area contributed by atoms with Gasteiger partial charge in [-0.2, -0.15) is 4.98 Å². The highest BCUT2D eigenvalue weighted by molar-refractivity contribution is 5.93. The van der Waals surface area contributed by atoms with Gasteiger partial charge >= 0.3 is 5.97 Å². The van der Waals surface area contributed by atoms with Crippen molar-refractivity contribution in [1.82, 2.24) is 4.98 Å². The van der Waals surface area contributed by atoms with Gasteiger partial charge in [-0.25, -0.2) is 0 Å². The van der Waals surface area contributed by atoms with Crippen LogP contribution in [0.5, 0.6) is 0 Å². The van der Waals surface area contributed by atoms with Crippen LogP contribution in [0.2, 0.25) is 0 Å². The van der Waals surface area contributed by atoms with Crippen LogP contribution in [0.1, 0.15) is 40.7 Å². The number of benzene rings is 4. The molecule has 4 aromatic carbocycles. The minimum Gasteiger partial charge on any atom is -0.481 e. The Morgan fingerprint density at radius 2 is 1.75 bits per heavy atom. The topological polar surface area (TPSA) is 104 Å². The predicted molar refractivity (Wildman–Crippen MR) is 155 cm³/mol. The van der Waals surface area contributed by atoms with Gasteiger partial charge in [-0.1, -0.05) is 60.7 Å². The first-order valence-corrected chi connectivity index (χ1v) is 13.3. The lowest BCUT2D eigenvalue weighted by atomic mass is 9.73. The van der Waals surface area contributed by atoms with Crippen LogP contribution < -0.4 is 10.6 Å². The normalized spacial score (nSPS) is 16.0. The molecular formula is C33H29N3O4. The number of para-hydroxylation sites is 1. The van der Waals surface area contributed by atoms with E-state index in [-0.39, 0.29) is 18.7 Å². The molecule has 1 atom stereocenters. The van der Waals surface area contributed by atoms with Crippen molar-refractivity contribution in [3.8, 4) is 0 Å². The fraction of sp³-hybridized carbons (Fsp3) is 0.182. The number of oxazole rings is 1. The molecule has 1 amide bonds. The molecule has 3 N–H and O–H groups in total. The van der Waals surface area contributed by atoms with Gasteiger partial charge in [0.25, 0.3) is 6.01 Å². The molecule has 0 saturated carbocycles. The van der Waals surface area contributed by atoms with Crippen LogP contribution in [0.3, 0.4) is 0 Å². The second-order valence-electron chi connectivity index (χ2n) is 10.4. The lowest BCUT2D eigenvalue weighted by Crippen LogP contribution is -2.28. The Balaban J connectivity index is 1.15. The molecule has 1 aliphatic rings. The Bertz CT molecular complexity index is 1720. The molecule has 0 fully saturated rings. The summed E-state index contributed by atoms with van der Waals surface area (Å²) in [7, 11) is 0. The fourth-order valence-corrected chi connectivity index (χ4v) is 5.76. The number of aliphatic carboxylic acids is 1. The second-order valence-corrected chi connectivity index (χ2v) is 10.4. The summed E-state index contributed by atoms with van der Waals surface area (Å²) in [5.41, 5.74) is 7.45. The van der Waals surface area contributed by atoms with E-state index in [1.54, 1.807) is 0 Å². The van der Waals surface area contributed by atoms with Crippen LogP contribution in [0.4, 0.5) is 17.4 Å². The molecule has 0 spiro atoms. The first kappa shape index (κ1) is 25.4. The highest BCUT2D eigenvalue weighted by Gasteiger charge is 2.41. The standard InChI is InChI=1S/C33H29N3O4/c1-21-6-2-5-9-27(21)35-32-36-28-15-10-22(18-29(28)40-32)19-30(37)34-25-13-11-24(12-14-25)33(20-31(38)39)17-16-23-7-3-4-8-26(23)33/h2-15,18H,16-17,19-20H2,1H3,(H,34,37)(H,35,36)(H,38,39). The summed E-state index contributed by atoms with van der Waals surface area (Å²) in [5.74, 6) is -0.979. The van der Waals surface area contributed by atoms with E-state index in [2.05, 4.69) is 21.7 Å². The highest BCUT2D eigenvalue weighted by atomic mass is 16.4. The molecule has 0 bridgehead atoms. The fourth-order valence-electron chi connectivity index (χ4n) is 5.76. The quantitative estimate of drug-likeness (QED) is 0.204. The zero-order valence-corrected chi connectivity index (χ0v) is 22.1. The van der Waals surface area contributed by atoms with Gasteiger partial charge in [-0.15, -0.1) is 0 Å². The summed E-state index contributed by atoms with van der Waals surface area (Å²) in [6.07, 6.45) is 1.80. The maximum absolute atomic E-state index is 12.9. The molecule has 200 valence electrons. The number of nitrogens with one attached hydrogen (secondary N) is 2. The number of amides is 1. The first-order chi connectivity index (χ1) is 19.4. The van der Waals surface area contributed by atoms with Gasteiger partial charge < -0.3 is 20.2 Å². The summed E-state index contributed by atoms with van der Waals surface area (Å²) in [5, 5.41) is 15.9. The third-order valence-electron chi connectivity index (χ3n) is 7.73. The second kappa shape index (κ2) is 10.3. The average molecular weight is 532 g/mol. The van der Waals surface area contributed by atoms with E-state index in [1.807, 2.05) is 91.9 Å². The van der Waals surface area contributed by atoms with Gasteiger partial charge in [0, 0.05) is 16.8 Å². The number of hydrogen-bond donors (Lipinski definition) is 3.